The Balaban J connectivity index is 2.59. The van der Waals surface area contributed by atoms with Crippen LogP contribution >= 0.6 is 0 Å². The van der Waals surface area contributed by atoms with E-state index in [1.807, 2.05) is 0 Å². The van der Waals surface area contributed by atoms with Gasteiger partial charge in [0.2, 0.25) is 5.91 Å². The van der Waals surface area contributed by atoms with Gasteiger partial charge in [-0.1, -0.05) is 0 Å². The fourth-order valence-corrected chi connectivity index (χ4v) is 1.51. The average Bonchev–Trinajstić information content (AvgIpc) is 2.31. The number of nitrogens with zero attached hydrogens (tertiary/aromatic N) is 1. The second kappa shape index (κ2) is 6.32. The smallest absolute Gasteiger partial charge is 0.216 e. The van der Waals surface area contributed by atoms with Crippen LogP contribution in [0.5, 0.6) is 0 Å². The van der Waals surface area contributed by atoms with Crippen LogP contribution in [0.15, 0.2) is 12.1 Å². The van der Waals surface area contributed by atoms with E-state index in [0.29, 0.717) is 23.6 Å². The molecule has 1 rings (SSSR count). The molecule has 0 bridgehead atoms. The summed E-state index contributed by atoms with van der Waals surface area (Å²) in [5, 5.41) is 22.2. The molecule has 2 atom stereocenters. The molecule has 2 unspecified atom stereocenters. The number of hydrogen-bond donors (Lipinski definition) is 4. The Bertz CT molecular complexity index is 423. The van der Waals surface area contributed by atoms with Crippen molar-refractivity contribution in [3.05, 3.63) is 23.5 Å². The lowest BCUT2D eigenvalue weighted by Crippen LogP contribution is -2.28. The number of amides is 1. The molecule has 0 aliphatic rings. The summed E-state index contributed by atoms with van der Waals surface area (Å²) in [6, 6.07) is 3.22. The first-order valence-corrected chi connectivity index (χ1v) is 5.75. The molecule has 1 heterocycles. The van der Waals surface area contributed by atoms with Gasteiger partial charge in [-0.25, -0.2) is 0 Å². The zero-order valence-electron chi connectivity index (χ0n) is 10.6. The van der Waals surface area contributed by atoms with E-state index in [9.17, 15) is 15.0 Å². The Morgan fingerprint density at radius 1 is 1.50 bits per heavy atom. The van der Waals surface area contributed by atoms with Gasteiger partial charge in [0, 0.05) is 13.5 Å². The zero-order valence-corrected chi connectivity index (χ0v) is 10.6. The first-order valence-electron chi connectivity index (χ1n) is 5.75. The minimum Gasteiger partial charge on any atom is -0.397 e. The van der Waals surface area contributed by atoms with Gasteiger partial charge in [0.05, 0.1) is 23.2 Å². The average molecular weight is 253 g/mol. The molecule has 0 spiro atoms. The van der Waals surface area contributed by atoms with Gasteiger partial charge in [-0.05, 0) is 25.5 Å². The van der Waals surface area contributed by atoms with E-state index in [0.717, 1.165) is 0 Å². The molecular formula is C12H19N3O3. The molecule has 0 saturated carbocycles. The quantitative estimate of drug-likeness (QED) is 0.585. The van der Waals surface area contributed by atoms with Crippen LogP contribution in [0.1, 0.15) is 30.8 Å². The predicted molar refractivity (Wildman–Crippen MR) is 67.7 cm³/mol. The molecule has 0 saturated heterocycles. The number of pyridine rings is 1. The molecule has 0 radical (unpaired) electrons. The number of nitrogens with two attached hydrogens (primary N) is 1. The molecule has 100 valence electrons. The summed E-state index contributed by atoms with van der Waals surface area (Å²) in [6.45, 7) is 3.43. The van der Waals surface area contributed by atoms with Gasteiger partial charge in [0.15, 0.2) is 0 Å². The summed E-state index contributed by atoms with van der Waals surface area (Å²) in [5.74, 6) is -0.168. The Labute approximate surface area is 106 Å². The number of carbonyl (C=O) groups excluding carboxylic acids is 1. The molecular weight excluding hydrogens is 234 g/mol. The number of aliphatic hydroxyl groups is 2. The summed E-state index contributed by atoms with van der Waals surface area (Å²) in [7, 11) is 0. The van der Waals surface area contributed by atoms with Gasteiger partial charge in [0.25, 0.3) is 0 Å². The Morgan fingerprint density at radius 3 is 2.72 bits per heavy atom. The summed E-state index contributed by atoms with van der Waals surface area (Å²) in [5.41, 5.74) is 7.15. The van der Waals surface area contributed by atoms with Crippen molar-refractivity contribution in [3.63, 3.8) is 0 Å². The lowest BCUT2D eigenvalue weighted by molar-refractivity contribution is -0.119. The van der Waals surface area contributed by atoms with Gasteiger partial charge in [0.1, 0.15) is 6.10 Å². The molecule has 0 aliphatic heterocycles. The number of hydrogen-bond acceptors (Lipinski definition) is 5. The zero-order chi connectivity index (χ0) is 13.7. The van der Waals surface area contributed by atoms with Crippen LogP contribution in [0.2, 0.25) is 0 Å². The van der Waals surface area contributed by atoms with Crippen LogP contribution in [-0.4, -0.2) is 33.8 Å². The maximum absolute atomic E-state index is 10.7. The second-order valence-electron chi connectivity index (χ2n) is 4.19. The molecule has 5 N–H and O–H groups in total. The Kier molecular flexibility index (Phi) is 5.06. The van der Waals surface area contributed by atoms with Crippen LogP contribution < -0.4 is 11.1 Å². The summed E-state index contributed by atoms with van der Waals surface area (Å²) in [4.78, 5) is 14.8. The van der Waals surface area contributed by atoms with E-state index in [4.69, 9.17) is 5.73 Å². The maximum Gasteiger partial charge on any atom is 0.216 e. The molecule has 6 nitrogen and oxygen atoms in total. The topological polar surface area (TPSA) is 108 Å². The highest BCUT2D eigenvalue weighted by Gasteiger charge is 2.19. The van der Waals surface area contributed by atoms with E-state index in [1.54, 1.807) is 19.1 Å². The minimum absolute atomic E-state index is 0.168. The number of aromatic nitrogens is 1. The van der Waals surface area contributed by atoms with Crippen molar-refractivity contribution in [2.24, 2.45) is 0 Å². The van der Waals surface area contributed by atoms with Gasteiger partial charge < -0.3 is 21.3 Å². The lowest BCUT2D eigenvalue weighted by atomic mass is 10.1. The SMILES string of the molecule is CC(=O)NCCC(O)C(O)c1ccc(N)c(C)n1. The number of nitrogen functional groups attached to an aromatic ring is 1. The molecule has 6 heteroatoms. The molecule has 0 fully saturated rings. The second-order valence-corrected chi connectivity index (χ2v) is 4.19. The van der Waals surface area contributed by atoms with Gasteiger partial charge in [-0.3, -0.25) is 9.78 Å². The van der Waals surface area contributed by atoms with Crippen molar-refractivity contribution in [2.75, 3.05) is 12.3 Å². The first kappa shape index (κ1) is 14.4. The minimum atomic E-state index is -1.09. The molecule has 1 aromatic rings. The number of anilines is 1. The highest BCUT2D eigenvalue weighted by molar-refractivity contribution is 5.72. The third kappa shape index (κ3) is 3.97. The van der Waals surface area contributed by atoms with E-state index in [2.05, 4.69) is 10.3 Å². The highest BCUT2D eigenvalue weighted by atomic mass is 16.3. The standard InChI is InChI=1S/C12H19N3O3/c1-7-9(13)3-4-10(15-7)12(18)11(17)5-6-14-8(2)16/h3-4,11-12,17-18H,5-6,13H2,1-2H3,(H,14,16). The van der Waals surface area contributed by atoms with Crippen LogP contribution in [0.25, 0.3) is 0 Å². The monoisotopic (exact) mass is 253 g/mol. The molecule has 18 heavy (non-hydrogen) atoms. The number of rotatable bonds is 5. The largest absolute Gasteiger partial charge is 0.397 e. The fraction of sp³-hybridized carbons (Fsp3) is 0.500. The Hall–Kier alpha value is -1.66. The third-order valence-electron chi connectivity index (χ3n) is 2.63. The predicted octanol–water partition coefficient (Wildman–Crippen LogP) is -0.107. The number of carbonyl (C=O) groups is 1. The molecule has 0 aliphatic carbocycles. The van der Waals surface area contributed by atoms with E-state index >= 15 is 0 Å². The maximum atomic E-state index is 10.7. The van der Waals surface area contributed by atoms with Crippen molar-refractivity contribution >= 4 is 11.6 Å². The number of aliphatic hydroxyl groups excluding tert-OH is 2. The normalized spacial score (nSPS) is 14.0. The van der Waals surface area contributed by atoms with Crippen molar-refractivity contribution in [1.82, 2.24) is 10.3 Å². The van der Waals surface area contributed by atoms with Crippen molar-refractivity contribution in [1.29, 1.82) is 0 Å². The summed E-state index contributed by atoms with van der Waals surface area (Å²) >= 11 is 0. The first-order chi connectivity index (χ1) is 8.41. The van der Waals surface area contributed by atoms with Crippen molar-refractivity contribution in [2.45, 2.75) is 32.5 Å². The third-order valence-corrected chi connectivity index (χ3v) is 2.63. The molecule has 0 aromatic carbocycles. The fourth-order valence-electron chi connectivity index (χ4n) is 1.51. The summed E-state index contributed by atoms with van der Waals surface area (Å²) in [6.07, 6.45) is -1.81. The van der Waals surface area contributed by atoms with Gasteiger partial charge in [-0.15, -0.1) is 0 Å². The van der Waals surface area contributed by atoms with Crippen LogP contribution in [0.3, 0.4) is 0 Å². The highest BCUT2D eigenvalue weighted by Crippen LogP contribution is 2.19. The number of nitrogens with one attached hydrogen (secondary N) is 1. The van der Waals surface area contributed by atoms with Crippen LogP contribution in [0, 0.1) is 6.92 Å². The van der Waals surface area contributed by atoms with Gasteiger partial charge in [-0.2, -0.15) is 0 Å². The molecule has 1 aromatic heterocycles. The number of aryl methyl sites for hydroxylation is 1. The van der Waals surface area contributed by atoms with Crippen molar-refractivity contribution in [3.8, 4) is 0 Å². The van der Waals surface area contributed by atoms with Crippen molar-refractivity contribution < 1.29 is 15.0 Å². The van der Waals surface area contributed by atoms with Gasteiger partial charge >= 0.3 is 0 Å². The Morgan fingerprint density at radius 2 is 2.17 bits per heavy atom. The lowest BCUT2D eigenvalue weighted by Gasteiger charge is -2.18. The van der Waals surface area contributed by atoms with Crippen LogP contribution in [-0.2, 0) is 4.79 Å². The molecule has 1 amide bonds. The van der Waals surface area contributed by atoms with E-state index in [1.165, 1.54) is 6.92 Å². The van der Waals surface area contributed by atoms with Crippen LogP contribution in [0.4, 0.5) is 5.69 Å². The van der Waals surface area contributed by atoms with E-state index < -0.39 is 12.2 Å². The van der Waals surface area contributed by atoms with E-state index in [-0.39, 0.29) is 12.3 Å². The summed E-state index contributed by atoms with van der Waals surface area (Å²) < 4.78 is 0.